The van der Waals surface area contributed by atoms with Crippen molar-refractivity contribution in [1.82, 2.24) is 0 Å². The zero-order valence-electron chi connectivity index (χ0n) is 10.5. The highest BCUT2D eigenvalue weighted by atomic mass is 16.7. The molecule has 0 spiro atoms. The van der Waals surface area contributed by atoms with Gasteiger partial charge in [-0.25, -0.2) is 4.79 Å². The molecule has 1 fully saturated rings. The van der Waals surface area contributed by atoms with E-state index in [1.54, 1.807) is 0 Å². The molecular weight excluding hydrogens is 216 g/mol. The lowest BCUT2D eigenvalue weighted by molar-refractivity contribution is -0.146. The fourth-order valence-corrected chi connectivity index (χ4v) is 1.80. The van der Waals surface area contributed by atoms with Crippen LogP contribution in [0.4, 0.5) is 0 Å². The van der Waals surface area contributed by atoms with E-state index in [9.17, 15) is 4.79 Å². The van der Waals surface area contributed by atoms with Crippen molar-refractivity contribution in [2.24, 2.45) is 5.92 Å². The monoisotopic (exact) mass is 234 g/mol. The Morgan fingerprint density at radius 1 is 1.41 bits per heavy atom. The highest BCUT2D eigenvalue weighted by Crippen LogP contribution is 2.46. The van der Waals surface area contributed by atoms with Gasteiger partial charge < -0.3 is 9.47 Å². The summed E-state index contributed by atoms with van der Waals surface area (Å²) in [6, 6.07) is 9.77. The summed E-state index contributed by atoms with van der Waals surface area (Å²) >= 11 is 0. The Balaban J connectivity index is 1.97. The lowest BCUT2D eigenvalue weighted by Crippen LogP contribution is -2.20. The minimum Gasteiger partial charge on any atom is -0.463 e. The van der Waals surface area contributed by atoms with Gasteiger partial charge in [-0.15, -0.1) is 0 Å². The fraction of sp³-hybridized carbons (Fsp3) is 0.500. The maximum atomic E-state index is 11.8. The summed E-state index contributed by atoms with van der Waals surface area (Å²) < 4.78 is 10.7. The molecule has 1 saturated heterocycles. The van der Waals surface area contributed by atoms with Gasteiger partial charge in [0, 0.05) is 0 Å². The molecule has 0 saturated carbocycles. The molecule has 3 nitrogen and oxygen atoms in total. The van der Waals surface area contributed by atoms with E-state index < -0.39 is 11.7 Å². The van der Waals surface area contributed by atoms with Crippen LogP contribution < -0.4 is 0 Å². The molecule has 0 unspecified atom stereocenters. The van der Waals surface area contributed by atoms with Crippen LogP contribution in [0.15, 0.2) is 30.3 Å². The van der Waals surface area contributed by atoms with Crippen LogP contribution in [-0.4, -0.2) is 18.7 Å². The molecule has 0 aliphatic carbocycles. The molecule has 1 heterocycles. The van der Waals surface area contributed by atoms with E-state index in [0.717, 1.165) is 5.56 Å². The third-order valence-corrected chi connectivity index (χ3v) is 2.93. The fourth-order valence-electron chi connectivity index (χ4n) is 1.80. The smallest absolute Gasteiger partial charge is 0.338 e. The molecule has 17 heavy (non-hydrogen) atoms. The van der Waals surface area contributed by atoms with Crippen LogP contribution in [0.25, 0.3) is 0 Å². The molecule has 1 aromatic carbocycles. The van der Waals surface area contributed by atoms with E-state index in [4.69, 9.17) is 9.47 Å². The van der Waals surface area contributed by atoms with E-state index in [2.05, 4.69) is 0 Å². The van der Waals surface area contributed by atoms with Crippen LogP contribution in [0.1, 0.15) is 26.3 Å². The van der Waals surface area contributed by atoms with Crippen LogP contribution in [0.3, 0.4) is 0 Å². The van der Waals surface area contributed by atoms with Gasteiger partial charge in [-0.1, -0.05) is 44.2 Å². The third kappa shape index (κ3) is 2.50. The first kappa shape index (κ1) is 12.1. The van der Waals surface area contributed by atoms with Gasteiger partial charge in [-0.3, -0.25) is 0 Å². The molecule has 3 heteroatoms. The van der Waals surface area contributed by atoms with Crippen molar-refractivity contribution >= 4 is 5.97 Å². The van der Waals surface area contributed by atoms with Crippen LogP contribution in [-0.2, 0) is 19.9 Å². The zero-order valence-corrected chi connectivity index (χ0v) is 10.5. The Morgan fingerprint density at radius 2 is 2.06 bits per heavy atom. The largest absolute Gasteiger partial charge is 0.463 e. The standard InChI is InChI=1S/C14H18O3/c1-10(2)9-16-13(15)12-14(3,17-12)11-7-5-4-6-8-11/h4-8,10,12H,9H2,1-3H3/t12-,14+/m0/s1. The van der Waals surface area contributed by atoms with Gasteiger partial charge in [0.25, 0.3) is 0 Å². The van der Waals surface area contributed by atoms with Crippen LogP contribution in [0.2, 0.25) is 0 Å². The molecule has 2 atom stereocenters. The first-order valence-electron chi connectivity index (χ1n) is 5.94. The van der Waals surface area contributed by atoms with E-state index in [-0.39, 0.29) is 5.97 Å². The molecule has 92 valence electrons. The average Bonchev–Trinajstić information content (AvgIpc) is 3.01. The molecule has 0 bridgehead atoms. The number of ether oxygens (including phenoxy) is 2. The van der Waals surface area contributed by atoms with E-state index >= 15 is 0 Å². The third-order valence-electron chi connectivity index (χ3n) is 2.93. The van der Waals surface area contributed by atoms with Gasteiger partial charge in [0.2, 0.25) is 0 Å². The molecule has 0 radical (unpaired) electrons. The van der Waals surface area contributed by atoms with E-state index in [1.807, 2.05) is 51.1 Å². The maximum absolute atomic E-state index is 11.8. The SMILES string of the molecule is CC(C)COC(=O)[C@@H]1O[C@]1(C)c1ccccc1. The number of hydrogen-bond acceptors (Lipinski definition) is 3. The molecule has 0 aromatic heterocycles. The number of benzene rings is 1. The quantitative estimate of drug-likeness (QED) is 0.593. The van der Waals surface area contributed by atoms with Crippen LogP contribution >= 0.6 is 0 Å². The molecule has 1 aliphatic rings. The molecule has 2 rings (SSSR count). The van der Waals surface area contributed by atoms with Gasteiger partial charge in [0.1, 0.15) is 5.60 Å². The topological polar surface area (TPSA) is 38.8 Å². The maximum Gasteiger partial charge on any atom is 0.338 e. The Bertz CT molecular complexity index is 399. The minimum atomic E-state index is -0.505. The Hall–Kier alpha value is -1.35. The van der Waals surface area contributed by atoms with Gasteiger partial charge in [-0.05, 0) is 18.4 Å². The number of epoxide rings is 1. The number of rotatable bonds is 4. The summed E-state index contributed by atoms with van der Waals surface area (Å²) in [5.41, 5.74) is 0.515. The van der Waals surface area contributed by atoms with Crippen molar-refractivity contribution in [3.05, 3.63) is 35.9 Å². The first-order valence-corrected chi connectivity index (χ1v) is 5.94. The van der Waals surface area contributed by atoms with Crippen molar-refractivity contribution in [1.29, 1.82) is 0 Å². The molecule has 1 aliphatic heterocycles. The van der Waals surface area contributed by atoms with Gasteiger partial charge in [0.15, 0.2) is 6.10 Å². The van der Waals surface area contributed by atoms with Crippen molar-refractivity contribution in [3.63, 3.8) is 0 Å². The zero-order chi connectivity index (χ0) is 12.5. The van der Waals surface area contributed by atoms with Crippen molar-refractivity contribution in [2.75, 3.05) is 6.61 Å². The number of esters is 1. The molecule has 1 aromatic rings. The first-order chi connectivity index (χ1) is 8.04. The second-order valence-corrected chi connectivity index (χ2v) is 4.99. The molecule has 0 amide bonds. The lowest BCUT2D eigenvalue weighted by atomic mass is 9.97. The minimum absolute atomic E-state index is 0.259. The average molecular weight is 234 g/mol. The van der Waals surface area contributed by atoms with Gasteiger partial charge in [-0.2, -0.15) is 0 Å². The lowest BCUT2D eigenvalue weighted by Gasteiger charge is -2.08. The highest BCUT2D eigenvalue weighted by Gasteiger charge is 2.59. The summed E-state index contributed by atoms with van der Waals surface area (Å²) in [5, 5.41) is 0. The number of carbonyl (C=O) groups excluding carboxylic acids is 1. The van der Waals surface area contributed by atoms with Crippen molar-refractivity contribution in [2.45, 2.75) is 32.5 Å². The van der Waals surface area contributed by atoms with Crippen LogP contribution in [0.5, 0.6) is 0 Å². The normalized spacial score (nSPS) is 26.9. The predicted molar refractivity (Wildman–Crippen MR) is 64.5 cm³/mol. The summed E-state index contributed by atoms with van der Waals surface area (Å²) in [6.07, 6.45) is -0.455. The second kappa shape index (κ2) is 4.49. The number of hydrogen-bond donors (Lipinski definition) is 0. The molecular formula is C14H18O3. The highest BCUT2D eigenvalue weighted by molar-refractivity contribution is 5.79. The van der Waals surface area contributed by atoms with Gasteiger partial charge >= 0.3 is 5.97 Å². The van der Waals surface area contributed by atoms with Crippen molar-refractivity contribution < 1.29 is 14.3 Å². The van der Waals surface area contributed by atoms with Gasteiger partial charge in [0.05, 0.1) is 6.61 Å². The second-order valence-electron chi connectivity index (χ2n) is 4.99. The Morgan fingerprint density at radius 3 is 2.65 bits per heavy atom. The summed E-state index contributed by atoms with van der Waals surface area (Å²) in [6.45, 7) is 6.39. The van der Waals surface area contributed by atoms with Crippen LogP contribution in [0, 0.1) is 5.92 Å². The number of carbonyl (C=O) groups is 1. The van der Waals surface area contributed by atoms with Crippen molar-refractivity contribution in [3.8, 4) is 0 Å². The van der Waals surface area contributed by atoms with E-state index in [0.29, 0.717) is 12.5 Å². The predicted octanol–water partition coefficient (Wildman–Crippen LogP) is 2.50. The summed E-state index contributed by atoms with van der Waals surface area (Å²) in [4.78, 5) is 11.8. The Labute approximate surface area is 102 Å². The molecule has 0 N–H and O–H groups in total. The summed E-state index contributed by atoms with van der Waals surface area (Å²) in [5.74, 6) is 0.0886. The van der Waals surface area contributed by atoms with E-state index in [1.165, 1.54) is 0 Å². The Kier molecular flexibility index (Phi) is 3.20. The summed E-state index contributed by atoms with van der Waals surface area (Å²) in [7, 11) is 0.